The first-order valence-electron chi connectivity index (χ1n) is 9.17. The molecule has 0 fully saturated rings. The van der Waals surface area contributed by atoms with E-state index < -0.39 is 11.9 Å². The van der Waals surface area contributed by atoms with Crippen LogP contribution in [0.15, 0.2) is 11.1 Å². The summed E-state index contributed by atoms with van der Waals surface area (Å²) in [5, 5.41) is 17.9. The van der Waals surface area contributed by atoms with Gasteiger partial charge in [0.1, 0.15) is 0 Å². The zero-order valence-corrected chi connectivity index (χ0v) is 17.9. The summed E-state index contributed by atoms with van der Waals surface area (Å²) in [4.78, 5) is 21.9. The molecule has 5 heteroatoms. The summed E-state index contributed by atoms with van der Waals surface area (Å²) >= 11 is 0. The van der Waals surface area contributed by atoms with E-state index in [0.29, 0.717) is 6.42 Å². The number of hydrogen-bond donors (Lipinski definition) is 2. The summed E-state index contributed by atoms with van der Waals surface area (Å²) in [5.41, 5.74) is 0.00477. The molecule has 0 spiro atoms. The van der Waals surface area contributed by atoms with E-state index in [1.807, 2.05) is 0 Å². The van der Waals surface area contributed by atoms with E-state index in [1.54, 1.807) is 0 Å². The SMILES string of the molecule is CCCCCCCCCCCCCC/C(C(=O)O)=C(\C)C(=O)O.[Na]. The Morgan fingerprint density at radius 2 is 1.04 bits per heavy atom. The average Bonchev–Trinajstić information content (AvgIpc) is 2.51. The Labute approximate surface area is 169 Å². The Balaban J connectivity index is 0. The number of rotatable bonds is 15. The second-order valence-electron chi connectivity index (χ2n) is 6.35. The van der Waals surface area contributed by atoms with Gasteiger partial charge in [-0.05, 0) is 19.8 Å². The molecular weight excluding hydrogens is 315 g/mol. The molecule has 0 aromatic carbocycles. The average molecular weight is 349 g/mol. The molecule has 0 aliphatic rings. The van der Waals surface area contributed by atoms with Gasteiger partial charge in [-0.3, -0.25) is 0 Å². The van der Waals surface area contributed by atoms with Gasteiger partial charge in [-0.25, -0.2) is 9.59 Å². The van der Waals surface area contributed by atoms with Crippen LogP contribution in [0.25, 0.3) is 0 Å². The van der Waals surface area contributed by atoms with Gasteiger partial charge in [0.15, 0.2) is 0 Å². The molecule has 4 nitrogen and oxygen atoms in total. The summed E-state index contributed by atoms with van der Waals surface area (Å²) in [7, 11) is 0. The van der Waals surface area contributed by atoms with Crippen LogP contribution < -0.4 is 0 Å². The number of unbranched alkanes of at least 4 members (excludes halogenated alkanes) is 11. The first kappa shape index (κ1) is 25.9. The fourth-order valence-electron chi connectivity index (χ4n) is 2.73. The molecule has 1 radical (unpaired) electrons. The molecule has 0 saturated carbocycles. The first-order chi connectivity index (χ1) is 11.0. The molecule has 0 saturated heterocycles. The monoisotopic (exact) mass is 349 g/mol. The van der Waals surface area contributed by atoms with Crippen molar-refractivity contribution in [1.82, 2.24) is 0 Å². The molecule has 0 heterocycles. The topological polar surface area (TPSA) is 74.6 Å². The number of carbonyl (C=O) groups is 2. The van der Waals surface area contributed by atoms with Gasteiger partial charge in [0.25, 0.3) is 0 Å². The third-order valence-electron chi connectivity index (χ3n) is 4.31. The maximum Gasteiger partial charge on any atom is 0.332 e. The number of carboxylic acids is 2. The fraction of sp³-hybridized carbons (Fsp3) is 0.789. The molecule has 0 amide bonds. The summed E-state index contributed by atoms with van der Waals surface area (Å²) < 4.78 is 0. The summed E-state index contributed by atoms with van der Waals surface area (Å²) in [6.07, 6.45) is 15.0. The van der Waals surface area contributed by atoms with Gasteiger partial charge >= 0.3 is 11.9 Å². The van der Waals surface area contributed by atoms with E-state index in [0.717, 1.165) is 19.3 Å². The molecule has 2 N–H and O–H groups in total. The summed E-state index contributed by atoms with van der Waals surface area (Å²) in [6.45, 7) is 3.60. The molecule has 0 bridgehead atoms. The minimum atomic E-state index is -1.14. The standard InChI is InChI=1S/C19H34O4.Na/c1-3-4-5-6-7-8-9-10-11-12-13-14-15-17(19(22)23)16(2)18(20)21;/h3-15H2,1-2H3,(H,20,21)(H,22,23);/b17-16-;. The minimum Gasteiger partial charge on any atom is -0.478 e. The van der Waals surface area contributed by atoms with Crippen LogP contribution in [0.2, 0.25) is 0 Å². The van der Waals surface area contributed by atoms with Crippen molar-refractivity contribution >= 4 is 41.5 Å². The van der Waals surface area contributed by atoms with Crippen molar-refractivity contribution in [2.75, 3.05) is 0 Å². The van der Waals surface area contributed by atoms with E-state index in [9.17, 15) is 9.59 Å². The van der Waals surface area contributed by atoms with Crippen LogP contribution in [0.4, 0.5) is 0 Å². The molecule has 0 rings (SSSR count). The predicted octanol–water partition coefficient (Wildman–Crippen LogP) is 5.18. The molecule has 135 valence electrons. The van der Waals surface area contributed by atoms with Gasteiger partial charge < -0.3 is 10.2 Å². The minimum absolute atomic E-state index is 0. The van der Waals surface area contributed by atoms with Crippen molar-refractivity contribution in [2.45, 2.75) is 97.3 Å². The van der Waals surface area contributed by atoms with E-state index in [4.69, 9.17) is 10.2 Å². The van der Waals surface area contributed by atoms with Crippen LogP contribution in [0.5, 0.6) is 0 Å². The third kappa shape index (κ3) is 14.1. The number of aliphatic carboxylic acids is 2. The van der Waals surface area contributed by atoms with Crippen molar-refractivity contribution in [2.24, 2.45) is 0 Å². The molecular formula is C19H34NaO4. The largest absolute Gasteiger partial charge is 0.478 e. The van der Waals surface area contributed by atoms with Gasteiger partial charge in [0.05, 0.1) is 0 Å². The Kier molecular flexibility index (Phi) is 18.9. The molecule has 0 aliphatic heterocycles. The van der Waals surface area contributed by atoms with Gasteiger partial charge in [0, 0.05) is 40.7 Å². The van der Waals surface area contributed by atoms with Crippen LogP contribution in [-0.4, -0.2) is 51.7 Å². The Morgan fingerprint density at radius 3 is 1.38 bits per heavy atom. The van der Waals surface area contributed by atoms with Crippen LogP contribution in [0.3, 0.4) is 0 Å². The molecule has 0 unspecified atom stereocenters. The van der Waals surface area contributed by atoms with Crippen molar-refractivity contribution in [3.63, 3.8) is 0 Å². The number of carboxylic acid groups (broad SMARTS) is 2. The van der Waals surface area contributed by atoms with Crippen molar-refractivity contribution in [1.29, 1.82) is 0 Å². The quantitative estimate of drug-likeness (QED) is 0.243. The van der Waals surface area contributed by atoms with E-state index in [2.05, 4.69) is 6.92 Å². The Hall–Kier alpha value is -0.320. The summed E-state index contributed by atoms with van der Waals surface area (Å²) in [5.74, 6) is -2.24. The zero-order chi connectivity index (χ0) is 17.5. The van der Waals surface area contributed by atoms with Crippen molar-refractivity contribution in [3.8, 4) is 0 Å². The van der Waals surface area contributed by atoms with Crippen LogP contribution >= 0.6 is 0 Å². The second-order valence-corrected chi connectivity index (χ2v) is 6.35. The normalized spacial score (nSPS) is 11.6. The molecule has 0 atom stereocenters. The summed E-state index contributed by atoms with van der Waals surface area (Å²) in [6, 6.07) is 0. The second kappa shape index (κ2) is 17.5. The van der Waals surface area contributed by atoms with Gasteiger partial charge in [-0.15, -0.1) is 0 Å². The molecule has 24 heavy (non-hydrogen) atoms. The Bertz CT molecular complexity index is 378. The van der Waals surface area contributed by atoms with E-state index in [1.165, 1.54) is 64.7 Å². The van der Waals surface area contributed by atoms with Gasteiger partial charge in [0.2, 0.25) is 0 Å². The van der Waals surface area contributed by atoms with Crippen LogP contribution in [0, 0.1) is 0 Å². The first-order valence-corrected chi connectivity index (χ1v) is 9.17. The van der Waals surface area contributed by atoms with Gasteiger partial charge in [-0.1, -0.05) is 77.6 Å². The maximum absolute atomic E-state index is 11.1. The zero-order valence-electron chi connectivity index (χ0n) is 15.9. The molecule has 0 aliphatic carbocycles. The van der Waals surface area contributed by atoms with E-state index in [-0.39, 0.29) is 40.7 Å². The Morgan fingerprint density at radius 1 is 0.667 bits per heavy atom. The predicted molar refractivity (Wildman–Crippen MR) is 99.4 cm³/mol. The van der Waals surface area contributed by atoms with Crippen molar-refractivity contribution in [3.05, 3.63) is 11.1 Å². The van der Waals surface area contributed by atoms with E-state index >= 15 is 0 Å². The third-order valence-corrected chi connectivity index (χ3v) is 4.31. The smallest absolute Gasteiger partial charge is 0.332 e. The maximum atomic E-state index is 11.1. The molecule has 0 aromatic rings. The number of hydrogen-bond acceptors (Lipinski definition) is 2. The van der Waals surface area contributed by atoms with Gasteiger partial charge in [-0.2, -0.15) is 0 Å². The fourth-order valence-corrected chi connectivity index (χ4v) is 2.73. The van der Waals surface area contributed by atoms with Crippen LogP contribution in [-0.2, 0) is 9.59 Å². The van der Waals surface area contributed by atoms with Crippen molar-refractivity contribution < 1.29 is 19.8 Å². The molecule has 0 aromatic heterocycles. The van der Waals surface area contributed by atoms with Crippen LogP contribution in [0.1, 0.15) is 97.3 Å².